The Morgan fingerprint density at radius 3 is 2.70 bits per heavy atom. The van der Waals surface area contributed by atoms with Crippen molar-refractivity contribution in [3.63, 3.8) is 0 Å². The van der Waals surface area contributed by atoms with Gasteiger partial charge in [-0.05, 0) is 30.2 Å². The van der Waals surface area contributed by atoms with Gasteiger partial charge in [0.15, 0.2) is 0 Å². The van der Waals surface area contributed by atoms with Crippen LogP contribution >= 0.6 is 0 Å². The average molecular weight is 441 g/mol. The molecule has 0 aliphatic carbocycles. The minimum atomic E-state index is -0.715. The van der Waals surface area contributed by atoms with Crippen LogP contribution in [0.4, 0.5) is 5.69 Å². The molecule has 1 unspecified atom stereocenters. The summed E-state index contributed by atoms with van der Waals surface area (Å²) in [4.78, 5) is 50.9. The van der Waals surface area contributed by atoms with E-state index in [9.17, 15) is 14.4 Å². The Kier molecular flexibility index (Phi) is 5.12. The van der Waals surface area contributed by atoms with Crippen molar-refractivity contribution in [3.8, 4) is 0 Å². The van der Waals surface area contributed by atoms with Crippen LogP contribution in [-0.4, -0.2) is 38.7 Å². The first-order valence-electron chi connectivity index (χ1n) is 11.1. The van der Waals surface area contributed by atoms with Crippen LogP contribution in [0.15, 0.2) is 48.9 Å². The van der Waals surface area contributed by atoms with Gasteiger partial charge in [-0.1, -0.05) is 26.0 Å². The van der Waals surface area contributed by atoms with Gasteiger partial charge in [0.1, 0.15) is 11.7 Å². The Bertz CT molecular complexity index is 1420. The van der Waals surface area contributed by atoms with Gasteiger partial charge in [0.05, 0.1) is 17.6 Å². The average Bonchev–Trinajstić information content (AvgIpc) is 3.37. The number of pyridine rings is 2. The van der Waals surface area contributed by atoms with Gasteiger partial charge in [-0.3, -0.25) is 29.6 Å². The lowest BCUT2D eigenvalue weighted by atomic mass is 10.0. The molecule has 8 nitrogen and oxygen atoms in total. The summed E-state index contributed by atoms with van der Waals surface area (Å²) < 4.78 is 0. The zero-order chi connectivity index (χ0) is 23.1. The highest BCUT2D eigenvalue weighted by molar-refractivity contribution is 6.27. The first-order valence-corrected chi connectivity index (χ1v) is 11.1. The molecule has 2 N–H and O–H groups in total. The predicted molar refractivity (Wildman–Crippen MR) is 125 cm³/mol. The van der Waals surface area contributed by atoms with Gasteiger partial charge in [-0.25, -0.2) is 4.98 Å². The van der Waals surface area contributed by atoms with Crippen molar-refractivity contribution in [2.45, 2.75) is 39.2 Å². The maximum absolute atomic E-state index is 13.2. The summed E-state index contributed by atoms with van der Waals surface area (Å²) in [7, 11) is 0. The zero-order valence-corrected chi connectivity index (χ0v) is 18.4. The number of H-pyrrole nitrogens is 1. The SMILES string of the molecule is CC.O=C1CCC(N2C(=O)c3cccc4c(Cc5c[nH]c6ncccc56)ncc2c34)C(=O)N1. The Morgan fingerprint density at radius 1 is 1.06 bits per heavy atom. The van der Waals surface area contributed by atoms with Crippen LogP contribution < -0.4 is 10.2 Å². The van der Waals surface area contributed by atoms with Crippen LogP contribution in [0.1, 0.15) is 48.3 Å². The van der Waals surface area contributed by atoms with Crippen molar-refractivity contribution < 1.29 is 14.4 Å². The smallest absolute Gasteiger partial charge is 0.259 e. The summed E-state index contributed by atoms with van der Waals surface area (Å²) in [6.07, 6.45) is 6.44. The Morgan fingerprint density at radius 2 is 1.88 bits per heavy atom. The number of aromatic amines is 1. The second-order valence-corrected chi connectivity index (χ2v) is 7.85. The van der Waals surface area contributed by atoms with E-state index in [2.05, 4.69) is 20.3 Å². The van der Waals surface area contributed by atoms with Crippen LogP contribution in [-0.2, 0) is 16.0 Å². The van der Waals surface area contributed by atoms with Gasteiger partial charge >= 0.3 is 0 Å². The molecular weight excluding hydrogens is 418 g/mol. The number of hydrogen-bond acceptors (Lipinski definition) is 5. The highest BCUT2D eigenvalue weighted by atomic mass is 16.2. The molecule has 33 heavy (non-hydrogen) atoms. The van der Waals surface area contributed by atoms with E-state index in [4.69, 9.17) is 0 Å². The summed E-state index contributed by atoms with van der Waals surface area (Å²) >= 11 is 0. The number of nitrogens with one attached hydrogen (secondary N) is 2. The molecule has 2 aliphatic heterocycles. The van der Waals surface area contributed by atoms with Gasteiger partial charge in [-0.15, -0.1) is 0 Å². The number of anilines is 1. The zero-order valence-electron chi connectivity index (χ0n) is 18.4. The third-order valence-corrected chi connectivity index (χ3v) is 6.10. The van der Waals surface area contributed by atoms with E-state index >= 15 is 0 Å². The number of amides is 3. The quantitative estimate of drug-likeness (QED) is 0.473. The minimum absolute atomic E-state index is 0.208. The third kappa shape index (κ3) is 3.26. The van der Waals surface area contributed by atoms with Gasteiger partial charge in [0.2, 0.25) is 11.8 Å². The number of aromatic nitrogens is 3. The van der Waals surface area contributed by atoms with E-state index in [-0.39, 0.29) is 18.2 Å². The highest BCUT2D eigenvalue weighted by Crippen LogP contribution is 2.40. The van der Waals surface area contributed by atoms with Gasteiger partial charge < -0.3 is 4.98 Å². The van der Waals surface area contributed by atoms with Gasteiger partial charge in [0, 0.05) is 47.0 Å². The molecular formula is C25H23N5O3. The number of hydrogen-bond donors (Lipinski definition) is 2. The van der Waals surface area contributed by atoms with Crippen LogP contribution in [0, 0.1) is 0 Å². The maximum Gasteiger partial charge on any atom is 0.259 e. The third-order valence-electron chi connectivity index (χ3n) is 6.10. The molecule has 1 saturated heterocycles. The fraction of sp³-hybridized carbons (Fsp3) is 0.240. The normalized spacial score (nSPS) is 17.3. The second-order valence-electron chi connectivity index (χ2n) is 7.85. The minimum Gasteiger partial charge on any atom is -0.346 e. The molecule has 3 amide bonds. The molecule has 0 spiro atoms. The van der Waals surface area contributed by atoms with Crippen molar-refractivity contribution in [2.24, 2.45) is 0 Å². The van der Waals surface area contributed by atoms with E-state index in [0.29, 0.717) is 24.1 Å². The van der Waals surface area contributed by atoms with Crippen molar-refractivity contribution in [1.29, 1.82) is 0 Å². The number of piperidine rings is 1. The molecule has 1 fully saturated rings. The number of fused-ring (bicyclic) bond motifs is 1. The van der Waals surface area contributed by atoms with E-state index in [1.54, 1.807) is 18.5 Å². The maximum atomic E-state index is 13.2. The Labute approximate surface area is 190 Å². The molecule has 0 saturated carbocycles. The molecule has 2 aliphatic rings. The number of nitrogens with zero attached hydrogens (tertiary/aromatic N) is 3. The van der Waals surface area contributed by atoms with Gasteiger partial charge in [0.25, 0.3) is 5.91 Å². The van der Waals surface area contributed by atoms with Crippen LogP contribution in [0.5, 0.6) is 0 Å². The van der Waals surface area contributed by atoms with Crippen molar-refractivity contribution in [3.05, 3.63) is 65.7 Å². The molecule has 1 aromatic carbocycles. The van der Waals surface area contributed by atoms with Crippen molar-refractivity contribution in [1.82, 2.24) is 20.3 Å². The monoisotopic (exact) mass is 441 g/mol. The number of carbonyl (C=O) groups excluding carboxylic acids is 3. The molecule has 4 aromatic rings. The molecule has 0 bridgehead atoms. The summed E-state index contributed by atoms with van der Waals surface area (Å²) in [5.74, 6) is -0.983. The van der Waals surface area contributed by atoms with Crippen LogP contribution in [0.25, 0.3) is 21.8 Å². The molecule has 166 valence electrons. The summed E-state index contributed by atoms with van der Waals surface area (Å²) in [5, 5.41) is 5.07. The van der Waals surface area contributed by atoms with Crippen molar-refractivity contribution >= 4 is 45.2 Å². The fourth-order valence-electron chi connectivity index (χ4n) is 4.66. The number of imide groups is 1. The highest BCUT2D eigenvalue weighted by Gasteiger charge is 2.41. The first kappa shape index (κ1) is 20.8. The molecule has 3 aromatic heterocycles. The van der Waals surface area contributed by atoms with E-state index < -0.39 is 11.9 Å². The standard InChI is InChI=1S/C23H17N5O3.C2H6/c29-19-7-6-17(22(30)27-19)28-18-11-25-16(14-3-1-4-15(20(14)18)23(28)31)9-12-10-26-21-13(12)5-2-8-24-21;1-2/h1-5,8,10-11,17H,6-7,9H2,(H,24,26)(H,27,29,30);1-2H3. The fourth-order valence-corrected chi connectivity index (χ4v) is 4.66. The molecule has 5 heterocycles. The Balaban J connectivity index is 0.00000111. The van der Waals surface area contributed by atoms with E-state index in [0.717, 1.165) is 33.1 Å². The molecule has 6 rings (SSSR count). The summed E-state index contributed by atoms with van der Waals surface area (Å²) in [6, 6.07) is 8.78. The van der Waals surface area contributed by atoms with Crippen molar-refractivity contribution in [2.75, 3.05) is 4.90 Å². The lowest BCUT2D eigenvalue weighted by molar-refractivity contribution is -0.134. The predicted octanol–water partition coefficient (Wildman–Crippen LogP) is 3.49. The van der Waals surface area contributed by atoms with Crippen LogP contribution in [0.2, 0.25) is 0 Å². The molecule has 1 atom stereocenters. The molecule has 8 heteroatoms. The van der Waals surface area contributed by atoms with Crippen LogP contribution in [0.3, 0.4) is 0 Å². The first-order chi connectivity index (χ1) is 16.1. The van der Waals surface area contributed by atoms with E-state index in [1.807, 2.05) is 44.3 Å². The number of carbonyl (C=O) groups is 3. The number of benzene rings is 1. The lowest BCUT2D eigenvalue weighted by Gasteiger charge is -2.30. The largest absolute Gasteiger partial charge is 0.346 e. The lowest BCUT2D eigenvalue weighted by Crippen LogP contribution is -2.53. The molecule has 0 radical (unpaired) electrons. The Hall–Kier alpha value is -4.07. The summed E-state index contributed by atoms with van der Waals surface area (Å²) in [5.41, 5.74) is 3.92. The van der Waals surface area contributed by atoms with Gasteiger partial charge in [-0.2, -0.15) is 0 Å². The second kappa shape index (κ2) is 8.12. The topological polar surface area (TPSA) is 108 Å². The van der Waals surface area contributed by atoms with E-state index in [1.165, 1.54) is 4.90 Å². The number of rotatable bonds is 3. The summed E-state index contributed by atoms with van der Waals surface area (Å²) in [6.45, 7) is 4.00.